The standard InChI is InChI=1S/C29H32F3NO5S/c1-3-37-28(35)22-10-7-13-33(16-22)27(34)19(2)21-11-12-25(24(15-21)29(30,31)32)39-26-18-36-17-23(38-26)14-20-8-5-4-6-9-20/h4-6,8-9,11-12,15,22-23,26H,2-3,7,10,13-14,16-18H2,1H3. The van der Waals surface area contributed by atoms with E-state index in [1.807, 2.05) is 30.3 Å². The number of carbonyl (C=O) groups excluding carboxylic acids is 2. The van der Waals surface area contributed by atoms with Gasteiger partial charge in [0.1, 0.15) is 5.44 Å². The predicted octanol–water partition coefficient (Wildman–Crippen LogP) is 5.60. The lowest BCUT2D eigenvalue weighted by atomic mass is 9.96. The number of ether oxygens (including phenoxy) is 3. The van der Waals surface area contributed by atoms with Crippen molar-refractivity contribution < 1.29 is 37.0 Å². The number of amides is 1. The molecule has 0 bridgehead atoms. The molecule has 2 aromatic rings. The van der Waals surface area contributed by atoms with Crippen molar-refractivity contribution in [2.24, 2.45) is 5.92 Å². The number of thioether (sulfide) groups is 1. The summed E-state index contributed by atoms with van der Waals surface area (Å²) >= 11 is 0.954. The van der Waals surface area contributed by atoms with Crippen LogP contribution in [0.15, 0.2) is 60.0 Å². The molecule has 2 fully saturated rings. The van der Waals surface area contributed by atoms with Crippen molar-refractivity contribution >= 4 is 29.2 Å². The molecular formula is C29H32F3NO5S. The minimum atomic E-state index is -4.65. The van der Waals surface area contributed by atoms with Crippen LogP contribution in [0.3, 0.4) is 0 Å². The maximum absolute atomic E-state index is 14.1. The first-order valence-electron chi connectivity index (χ1n) is 13.0. The van der Waals surface area contributed by atoms with E-state index in [-0.39, 0.29) is 47.9 Å². The molecule has 3 atom stereocenters. The van der Waals surface area contributed by atoms with Gasteiger partial charge in [-0.15, -0.1) is 0 Å². The Bertz CT molecular complexity index is 1170. The van der Waals surface area contributed by atoms with Gasteiger partial charge in [-0.3, -0.25) is 9.59 Å². The number of alkyl halides is 3. The van der Waals surface area contributed by atoms with E-state index in [9.17, 15) is 22.8 Å². The summed E-state index contributed by atoms with van der Waals surface area (Å²) in [7, 11) is 0. The molecule has 0 spiro atoms. The highest BCUT2D eigenvalue weighted by molar-refractivity contribution is 7.99. The number of hydrogen-bond donors (Lipinski definition) is 0. The molecule has 0 saturated carbocycles. The smallest absolute Gasteiger partial charge is 0.417 e. The number of esters is 1. The van der Waals surface area contributed by atoms with Gasteiger partial charge in [0.25, 0.3) is 5.91 Å². The zero-order valence-corrected chi connectivity index (χ0v) is 22.6. The summed E-state index contributed by atoms with van der Waals surface area (Å²) in [5.41, 5.74) is -0.393. The SMILES string of the molecule is C=C(C(=O)N1CCCC(C(=O)OCC)C1)c1ccc(SC2COCC(Cc3ccccc3)O2)c(C(F)(F)F)c1. The molecule has 39 heavy (non-hydrogen) atoms. The Morgan fingerprint density at radius 1 is 1.15 bits per heavy atom. The largest absolute Gasteiger partial charge is 0.466 e. The second kappa shape index (κ2) is 13.0. The van der Waals surface area contributed by atoms with Crippen molar-refractivity contribution in [1.29, 1.82) is 0 Å². The van der Waals surface area contributed by atoms with Crippen LogP contribution in [0.4, 0.5) is 13.2 Å². The van der Waals surface area contributed by atoms with Crippen molar-refractivity contribution in [2.75, 3.05) is 32.9 Å². The Balaban J connectivity index is 1.46. The van der Waals surface area contributed by atoms with Gasteiger partial charge in [0.05, 0.1) is 37.4 Å². The number of piperidine rings is 1. The maximum Gasteiger partial charge on any atom is 0.417 e. The number of benzene rings is 2. The van der Waals surface area contributed by atoms with E-state index in [4.69, 9.17) is 14.2 Å². The van der Waals surface area contributed by atoms with Crippen LogP contribution < -0.4 is 0 Å². The van der Waals surface area contributed by atoms with Crippen molar-refractivity contribution in [3.63, 3.8) is 0 Å². The molecule has 2 aromatic carbocycles. The molecule has 10 heteroatoms. The molecule has 0 aromatic heterocycles. The van der Waals surface area contributed by atoms with Crippen LogP contribution >= 0.6 is 11.8 Å². The zero-order chi connectivity index (χ0) is 28.0. The summed E-state index contributed by atoms with van der Waals surface area (Å²) in [6, 6.07) is 13.5. The molecular weight excluding hydrogens is 531 g/mol. The number of rotatable bonds is 8. The average molecular weight is 564 g/mol. The number of hydrogen-bond acceptors (Lipinski definition) is 6. The van der Waals surface area contributed by atoms with Crippen molar-refractivity contribution in [2.45, 2.75) is 48.8 Å². The van der Waals surface area contributed by atoms with Crippen molar-refractivity contribution in [3.05, 3.63) is 71.8 Å². The summed E-state index contributed by atoms with van der Waals surface area (Å²) in [4.78, 5) is 26.7. The van der Waals surface area contributed by atoms with Crippen LogP contribution in [0, 0.1) is 5.92 Å². The van der Waals surface area contributed by atoms with Gasteiger partial charge >= 0.3 is 12.1 Å². The minimum absolute atomic E-state index is 0.0131. The van der Waals surface area contributed by atoms with E-state index in [0.717, 1.165) is 23.4 Å². The van der Waals surface area contributed by atoms with Crippen LogP contribution in [0.2, 0.25) is 0 Å². The van der Waals surface area contributed by atoms with Gasteiger partial charge in [0.15, 0.2) is 0 Å². The Morgan fingerprint density at radius 2 is 1.92 bits per heavy atom. The molecule has 1 amide bonds. The molecule has 2 aliphatic rings. The van der Waals surface area contributed by atoms with Crippen LogP contribution in [0.1, 0.15) is 36.5 Å². The molecule has 0 aliphatic carbocycles. The first-order chi connectivity index (χ1) is 18.7. The highest BCUT2D eigenvalue weighted by Crippen LogP contribution is 2.41. The van der Waals surface area contributed by atoms with Gasteiger partial charge in [-0.25, -0.2) is 0 Å². The monoisotopic (exact) mass is 563 g/mol. The molecule has 210 valence electrons. The first-order valence-corrected chi connectivity index (χ1v) is 13.8. The van der Waals surface area contributed by atoms with E-state index in [1.165, 1.54) is 17.0 Å². The van der Waals surface area contributed by atoms with Gasteiger partial charge in [-0.2, -0.15) is 13.2 Å². The highest BCUT2D eigenvalue weighted by atomic mass is 32.2. The molecule has 6 nitrogen and oxygen atoms in total. The van der Waals surface area contributed by atoms with E-state index in [2.05, 4.69) is 6.58 Å². The number of halogens is 3. The quantitative estimate of drug-likeness (QED) is 0.308. The fourth-order valence-corrected chi connectivity index (χ4v) is 5.86. The van der Waals surface area contributed by atoms with E-state index >= 15 is 0 Å². The number of carbonyl (C=O) groups is 2. The van der Waals surface area contributed by atoms with E-state index in [1.54, 1.807) is 6.92 Å². The van der Waals surface area contributed by atoms with Crippen LogP contribution in [-0.4, -0.2) is 61.2 Å². The molecule has 0 radical (unpaired) electrons. The number of nitrogens with zero attached hydrogens (tertiary/aromatic N) is 1. The highest BCUT2D eigenvalue weighted by Gasteiger charge is 2.37. The lowest BCUT2D eigenvalue weighted by molar-refractivity contribution is -0.150. The first kappa shape index (κ1) is 29.2. The van der Waals surface area contributed by atoms with Gasteiger partial charge in [-0.1, -0.05) is 54.7 Å². The molecule has 4 rings (SSSR count). The van der Waals surface area contributed by atoms with Gasteiger partial charge in [-0.05, 0) is 43.0 Å². The van der Waals surface area contributed by atoms with Gasteiger partial charge < -0.3 is 19.1 Å². The molecule has 2 saturated heterocycles. The fraction of sp³-hybridized carbons (Fsp3) is 0.448. The lowest BCUT2D eigenvalue weighted by Gasteiger charge is -2.32. The third-order valence-corrected chi connectivity index (χ3v) is 7.81. The Labute approximate surface area is 230 Å². The number of likely N-dealkylation sites (tertiary alicyclic amines) is 1. The normalized spacial score (nSPS) is 21.8. The maximum atomic E-state index is 14.1. The van der Waals surface area contributed by atoms with Gasteiger partial charge in [0.2, 0.25) is 0 Å². The Kier molecular flexibility index (Phi) is 9.74. The Morgan fingerprint density at radius 3 is 2.64 bits per heavy atom. The van der Waals surface area contributed by atoms with Crippen LogP contribution in [0.5, 0.6) is 0 Å². The minimum Gasteiger partial charge on any atom is -0.466 e. The third kappa shape index (κ3) is 7.64. The molecule has 2 aliphatic heterocycles. The zero-order valence-electron chi connectivity index (χ0n) is 21.7. The Hall–Kier alpha value is -2.82. The van der Waals surface area contributed by atoms with E-state index in [0.29, 0.717) is 32.4 Å². The molecule has 3 unspecified atom stereocenters. The van der Waals surface area contributed by atoms with Crippen molar-refractivity contribution in [1.82, 2.24) is 4.90 Å². The van der Waals surface area contributed by atoms with Gasteiger partial charge in [0, 0.05) is 30.0 Å². The second-order valence-corrected chi connectivity index (χ2v) is 10.8. The average Bonchev–Trinajstić information content (AvgIpc) is 2.93. The summed E-state index contributed by atoms with van der Waals surface area (Å²) in [5.74, 6) is -1.32. The molecule has 2 heterocycles. The van der Waals surface area contributed by atoms with Crippen LogP contribution in [-0.2, 0) is 36.4 Å². The second-order valence-electron chi connectivity index (χ2n) is 9.56. The van der Waals surface area contributed by atoms with Crippen molar-refractivity contribution in [3.8, 4) is 0 Å². The third-order valence-electron chi connectivity index (χ3n) is 6.69. The lowest BCUT2D eigenvalue weighted by Crippen LogP contribution is -2.43. The molecule has 0 N–H and O–H groups in total. The van der Waals surface area contributed by atoms with Crippen LogP contribution in [0.25, 0.3) is 5.57 Å². The fourth-order valence-electron chi connectivity index (χ4n) is 4.75. The summed E-state index contributed by atoms with van der Waals surface area (Å²) in [6.45, 7) is 6.83. The topological polar surface area (TPSA) is 65.1 Å². The van der Waals surface area contributed by atoms with E-state index < -0.39 is 29.0 Å². The predicted molar refractivity (Wildman–Crippen MR) is 142 cm³/mol. The summed E-state index contributed by atoms with van der Waals surface area (Å²) in [5, 5.41) is 0. The summed E-state index contributed by atoms with van der Waals surface area (Å²) in [6.07, 6.45) is -3.13. The summed E-state index contributed by atoms with van der Waals surface area (Å²) < 4.78 is 59.1.